The van der Waals surface area contributed by atoms with E-state index in [1.807, 2.05) is 19.1 Å². The second-order valence-electron chi connectivity index (χ2n) is 5.72. The first-order valence-electron chi connectivity index (χ1n) is 8.38. The lowest BCUT2D eigenvalue weighted by atomic mass is 10.1. The van der Waals surface area contributed by atoms with Crippen LogP contribution < -0.4 is 16.0 Å². The Labute approximate surface area is 150 Å². The molecule has 8 nitrogen and oxygen atoms in total. The Balaban J connectivity index is 2.03. The number of ether oxygens (including phenoxy) is 2. The molecular formula is C18H21N5O3. The van der Waals surface area contributed by atoms with Crippen molar-refractivity contribution in [3.63, 3.8) is 0 Å². The molecule has 0 unspecified atom stereocenters. The summed E-state index contributed by atoms with van der Waals surface area (Å²) in [5.41, 5.74) is 8.11. The van der Waals surface area contributed by atoms with E-state index in [9.17, 15) is 4.79 Å². The van der Waals surface area contributed by atoms with Crippen molar-refractivity contribution in [3.05, 3.63) is 40.9 Å². The van der Waals surface area contributed by atoms with Crippen LogP contribution >= 0.6 is 0 Å². The third kappa shape index (κ3) is 3.65. The van der Waals surface area contributed by atoms with E-state index in [1.165, 1.54) is 0 Å². The fourth-order valence-electron chi connectivity index (χ4n) is 2.59. The number of nitrogens with zero attached hydrogens (tertiary/aromatic N) is 4. The van der Waals surface area contributed by atoms with Crippen LogP contribution in [0.15, 0.2) is 35.4 Å². The quantitative estimate of drug-likeness (QED) is 0.645. The van der Waals surface area contributed by atoms with Gasteiger partial charge in [-0.3, -0.25) is 9.36 Å². The SMILES string of the molecule is CCCOCCn1c(=O)c(N)nc2ncc(-c3ccc(OC)nc3)cc21. The molecule has 136 valence electrons. The zero-order valence-corrected chi connectivity index (χ0v) is 14.8. The summed E-state index contributed by atoms with van der Waals surface area (Å²) in [6, 6.07) is 5.51. The monoisotopic (exact) mass is 355 g/mol. The van der Waals surface area contributed by atoms with E-state index in [0.717, 1.165) is 17.5 Å². The van der Waals surface area contributed by atoms with Crippen LogP contribution in [-0.2, 0) is 11.3 Å². The molecule has 3 rings (SSSR count). The minimum absolute atomic E-state index is 0.0700. The van der Waals surface area contributed by atoms with Crippen LogP contribution in [0.3, 0.4) is 0 Å². The Hall–Kier alpha value is -3.00. The summed E-state index contributed by atoms with van der Waals surface area (Å²) in [4.78, 5) is 25.1. The lowest BCUT2D eigenvalue weighted by molar-refractivity contribution is 0.127. The molecular weight excluding hydrogens is 334 g/mol. The molecule has 0 aliphatic rings. The highest BCUT2D eigenvalue weighted by atomic mass is 16.5. The topological polar surface area (TPSA) is 105 Å². The molecule has 0 saturated heterocycles. The van der Waals surface area contributed by atoms with Crippen LogP contribution in [0.5, 0.6) is 5.88 Å². The zero-order chi connectivity index (χ0) is 18.5. The summed E-state index contributed by atoms with van der Waals surface area (Å²) in [5.74, 6) is 0.460. The van der Waals surface area contributed by atoms with E-state index in [2.05, 4.69) is 15.0 Å². The highest BCUT2D eigenvalue weighted by Gasteiger charge is 2.11. The second kappa shape index (κ2) is 7.92. The fourth-order valence-corrected chi connectivity index (χ4v) is 2.59. The smallest absolute Gasteiger partial charge is 0.293 e. The Morgan fingerprint density at radius 3 is 2.65 bits per heavy atom. The van der Waals surface area contributed by atoms with Crippen molar-refractivity contribution in [1.82, 2.24) is 19.5 Å². The van der Waals surface area contributed by atoms with Gasteiger partial charge in [-0.1, -0.05) is 6.92 Å². The Morgan fingerprint density at radius 2 is 1.96 bits per heavy atom. The second-order valence-corrected chi connectivity index (χ2v) is 5.72. The van der Waals surface area contributed by atoms with Crippen LogP contribution in [0.1, 0.15) is 13.3 Å². The number of methoxy groups -OCH3 is 1. The van der Waals surface area contributed by atoms with E-state index in [0.29, 0.717) is 36.8 Å². The first kappa shape index (κ1) is 17.8. The molecule has 0 aliphatic heterocycles. The van der Waals surface area contributed by atoms with E-state index in [4.69, 9.17) is 15.2 Å². The molecule has 26 heavy (non-hydrogen) atoms. The van der Waals surface area contributed by atoms with Crippen molar-refractivity contribution in [2.75, 3.05) is 26.1 Å². The van der Waals surface area contributed by atoms with Gasteiger partial charge in [0.1, 0.15) is 0 Å². The molecule has 3 heterocycles. The summed E-state index contributed by atoms with van der Waals surface area (Å²) >= 11 is 0. The Morgan fingerprint density at radius 1 is 1.15 bits per heavy atom. The number of fused-ring (bicyclic) bond motifs is 1. The van der Waals surface area contributed by atoms with Gasteiger partial charge >= 0.3 is 0 Å². The molecule has 0 amide bonds. The highest BCUT2D eigenvalue weighted by molar-refractivity contribution is 5.78. The number of nitrogens with two attached hydrogens (primary N) is 1. The minimum atomic E-state index is -0.343. The van der Waals surface area contributed by atoms with E-state index >= 15 is 0 Å². The van der Waals surface area contributed by atoms with Crippen molar-refractivity contribution in [2.45, 2.75) is 19.9 Å². The van der Waals surface area contributed by atoms with Gasteiger partial charge in [0, 0.05) is 42.7 Å². The average Bonchev–Trinajstić information content (AvgIpc) is 2.67. The van der Waals surface area contributed by atoms with Crippen molar-refractivity contribution in [1.29, 1.82) is 0 Å². The molecule has 8 heteroatoms. The summed E-state index contributed by atoms with van der Waals surface area (Å²) in [5, 5.41) is 0. The molecule has 2 N–H and O–H groups in total. The van der Waals surface area contributed by atoms with Crippen LogP contribution in [0.2, 0.25) is 0 Å². The lowest BCUT2D eigenvalue weighted by Gasteiger charge is -2.12. The largest absolute Gasteiger partial charge is 0.481 e. The van der Waals surface area contributed by atoms with Crippen LogP contribution in [0, 0.1) is 0 Å². The van der Waals surface area contributed by atoms with Crippen molar-refractivity contribution < 1.29 is 9.47 Å². The van der Waals surface area contributed by atoms with Gasteiger partial charge in [0.05, 0.1) is 19.2 Å². The number of nitrogen functional groups attached to an aromatic ring is 1. The maximum Gasteiger partial charge on any atom is 0.293 e. The van der Waals surface area contributed by atoms with Crippen LogP contribution in [0.4, 0.5) is 5.82 Å². The maximum atomic E-state index is 12.4. The average molecular weight is 355 g/mol. The van der Waals surface area contributed by atoms with Crippen molar-refractivity contribution in [2.24, 2.45) is 0 Å². The van der Waals surface area contributed by atoms with Gasteiger partial charge in [0.25, 0.3) is 5.56 Å². The zero-order valence-electron chi connectivity index (χ0n) is 14.8. The highest BCUT2D eigenvalue weighted by Crippen LogP contribution is 2.22. The van der Waals surface area contributed by atoms with Crippen LogP contribution in [0.25, 0.3) is 22.3 Å². The summed E-state index contributed by atoms with van der Waals surface area (Å²) in [7, 11) is 1.56. The number of pyridine rings is 2. The third-order valence-electron chi connectivity index (χ3n) is 3.92. The number of aromatic nitrogens is 4. The molecule has 0 aromatic carbocycles. The van der Waals surface area contributed by atoms with Gasteiger partial charge in [-0.2, -0.15) is 0 Å². The first-order chi connectivity index (χ1) is 12.6. The van der Waals surface area contributed by atoms with E-state index < -0.39 is 0 Å². The summed E-state index contributed by atoms with van der Waals surface area (Å²) in [6.45, 7) is 3.48. The normalized spacial score (nSPS) is 11.0. The van der Waals surface area contributed by atoms with E-state index in [-0.39, 0.29) is 11.4 Å². The first-order valence-corrected chi connectivity index (χ1v) is 8.38. The van der Waals surface area contributed by atoms with Gasteiger partial charge in [-0.15, -0.1) is 0 Å². The Bertz CT molecular complexity index is 953. The predicted molar refractivity (Wildman–Crippen MR) is 99.1 cm³/mol. The predicted octanol–water partition coefficient (Wildman–Crippen LogP) is 1.87. The number of hydrogen-bond acceptors (Lipinski definition) is 7. The standard InChI is InChI=1S/C18H21N5O3/c1-3-7-26-8-6-23-14-9-13(12-4-5-15(25-2)20-10-12)11-21-17(14)22-16(19)18(23)24/h4-5,9-11H,3,6-8H2,1-2H3,(H2,19,21,22). The molecule has 3 aromatic rings. The van der Waals surface area contributed by atoms with Crippen molar-refractivity contribution in [3.8, 4) is 17.0 Å². The molecule has 0 atom stereocenters. The number of anilines is 1. The van der Waals surface area contributed by atoms with Crippen molar-refractivity contribution >= 4 is 17.0 Å². The minimum Gasteiger partial charge on any atom is -0.481 e. The van der Waals surface area contributed by atoms with Gasteiger partial charge in [0.2, 0.25) is 5.88 Å². The molecule has 0 radical (unpaired) electrons. The van der Waals surface area contributed by atoms with Gasteiger partial charge < -0.3 is 15.2 Å². The molecule has 3 aromatic heterocycles. The third-order valence-corrected chi connectivity index (χ3v) is 3.92. The van der Waals surface area contributed by atoms with Gasteiger partial charge in [-0.25, -0.2) is 15.0 Å². The van der Waals surface area contributed by atoms with Gasteiger partial charge in [-0.05, 0) is 18.6 Å². The van der Waals surface area contributed by atoms with E-state index in [1.54, 1.807) is 30.1 Å². The maximum absolute atomic E-state index is 12.4. The molecule has 0 fully saturated rings. The summed E-state index contributed by atoms with van der Waals surface area (Å²) < 4.78 is 12.1. The number of rotatable bonds is 7. The molecule has 0 spiro atoms. The van der Waals surface area contributed by atoms with Crippen LogP contribution in [-0.4, -0.2) is 39.8 Å². The van der Waals surface area contributed by atoms with Gasteiger partial charge in [0.15, 0.2) is 11.5 Å². The number of hydrogen-bond donors (Lipinski definition) is 1. The lowest BCUT2D eigenvalue weighted by Crippen LogP contribution is -2.27. The fraction of sp³-hybridized carbons (Fsp3) is 0.333. The molecule has 0 aliphatic carbocycles. The summed E-state index contributed by atoms with van der Waals surface area (Å²) in [6.07, 6.45) is 4.30. The molecule has 0 bridgehead atoms. The molecule has 0 saturated carbocycles. The Kier molecular flexibility index (Phi) is 5.43.